The molecule has 0 aliphatic rings. The Morgan fingerprint density at radius 1 is 0.903 bits per heavy atom. The van der Waals surface area contributed by atoms with Gasteiger partial charge in [-0.15, -0.1) is 11.8 Å². The molecule has 2 N–H and O–H groups in total. The van der Waals surface area contributed by atoms with Crippen LogP contribution in [0.1, 0.15) is 0 Å². The highest BCUT2D eigenvalue weighted by Gasteiger charge is 2.16. The minimum absolute atomic E-state index is 0.156. The van der Waals surface area contributed by atoms with Gasteiger partial charge < -0.3 is 15.4 Å². The number of thioether (sulfide) groups is 1. The molecule has 0 fully saturated rings. The summed E-state index contributed by atoms with van der Waals surface area (Å²) in [6.07, 6.45) is 1.98. The van der Waals surface area contributed by atoms with E-state index in [0.29, 0.717) is 33.9 Å². The molecule has 4 aromatic rings. The van der Waals surface area contributed by atoms with Gasteiger partial charge in [0.15, 0.2) is 5.75 Å². The van der Waals surface area contributed by atoms with Gasteiger partial charge in [0.2, 0.25) is 0 Å². The molecule has 0 spiro atoms. The van der Waals surface area contributed by atoms with Gasteiger partial charge in [-0.2, -0.15) is 0 Å². The molecule has 4 rings (SSSR count). The molecular weight excluding hydrogens is 412 g/mol. The summed E-state index contributed by atoms with van der Waals surface area (Å²) in [4.78, 5) is 26.1. The number of fused-ring (bicyclic) bond motifs is 1. The normalized spacial score (nSPS) is 10.8. The molecule has 1 aromatic heterocycles. The molecule has 0 saturated carbocycles. The minimum atomic E-state index is -0.406. The van der Waals surface area contributed by atoms with Crippen LogP contribution in [0.15, 0.2) is 76.4 Å². The Morgan fingerprint density at radius 2 is 1.61 bits per heavy atom. The SMILES string of the molecule is CSc1cccc(NC(=O)Nc2cc3c(cc2Oc2ccccc2)n(C)c(=O)n3C)c1. The quantitative estimate of drug-likeness (QED) is 0.432. The van der Waals surface area contributed by atoms with Crippen molar-refractivity contribution >= 4 is 40.2 Å². The van der Waals surface area contributed by atoms with Gasteiger partial charge >= 0.3 is 11.7 Å². The van der Waals surface area contributed by atoms with Crippen LogP contribution in [0.3, 0.4) is 0 Å². The molecule has 0 saturated heterocycles. The molecule has 0 unspecified atom stereocenters. The molecule has 7 nitrogen and oxygen atoms in total. The van der Waals surface area contributed by atoms with Gasteiger partial charge in [0, 0.05) is 30.7 Å². The first-order valence-corrected chi connectivity index (χ1v) is 10.8. The second-order valence-corrected chi connectivity index (χ2v) is 7.84. The number of carbonyl (C=O) groups excluding carboxylic acids is 1. The number of aryl methyl sites for hydroxylation is 2. The predicted molar refractivity (Wildman–Crippen MR) is 126 cm³/mol. The van der Waals surface area contributed by atoms with Crippen molar-refractivity contribution in [2.75, 3.05) is 16.9 Å². The number of benzene rings is 3. The van der Waals surface area contributed by atoms with Crippen molar-refractivity contribution in [2.45, 2.75) is 4.90 Å². The lowest BCUT2D eigenvalue weighted by Gasteiger charge is -2.14. The Hall–Kier alpha value is -3.65. The lowest BCUT2D eigenvalue weighted by molar-refractivity contribution is 0.262. The van der Waals surface area contributed by atoms with Crippen LogP contribution in [0, 0.1) is 0 Å². The van der Waals surface area contributed by atoms with Crippen LogP contribution < -0.4 is 21.1 Å². The van der Waals surface area contributed by atoms with Gasteiger partial charge in [-0.05, 0) is 42.7 Å². The van der Waals surface area contributed by atoms with Gasteiger partial charge in [0.25, 0.3) is 0 Å². The Labute approximate surface area is 183 Å². The molecule has 0 atom stereocenters. The minimum Gasteiger partial charge on any atom is -0.455 e. The Kier molecular flexibility index (Phi) is 5.73. The van der Waals surface area contributed by atoms with Crippen LogP contribution in [0.5, 0.6) is 11.5 Å². The largest absolute Gasteiger partial charge is 0.455 e. The summed E-state index contributed by atoms with van der Waals surface area (Å²) in [6, 6.07) is 20.0. The zero-order valence-corrected chi connectivity index (χ0v) is 18.2. The van der Waals surface area contributed by atoms with Crippen LogP contribution in [0.4, 0.5) is 16.2 Å². The fourth-order valence-electron chi connectivity index (χ4n) is 3.31. The second-order valence-electron chi connectivity index (χ2n) is 6.96. The number of imidazole rings is 1. The van der Waals surface area contributed by atoms with Gasteiger partial charge in [0.05, 0.1) is 16.7 Å². The van der Waals surface area contributed by atoms with E-state index in [1.807, 2.05) is 60.9 Å². The number of para-hydroxylation sites is 1. The molecule has 1 heterocycles. The van der Waals surface area contributed by atoms with E-state index in [1.54, 1.807) is 42.6 Å². The van der Waals surface area contributed by atoms with E-state index in [-0.39, 0.29) is 5.69 Å². The van der Waals surface area contributed by atoms with Crippen LogP contribution in [-0.2, 0) is 14.1 Å². The molecule has 0 aliphatic heterocycles. The van der Waals surface area contributed by atoms with E-state index in [2.05, 4.69) is 10.6 Å². The fraction of sp³-hybridized carbons (Fsp3) is 0.130. The number of amides is 2. The highest BCUT2D eigenvalue weighted by molar-refractivity contribution is 7.98. The number of hydrogen-bond acceptors (Lipinski definition) is 4. The van der Waals surface area contributed by atoms with E-state index in [4.69, 9.17) is 4.74 Å². The number of rotatable bonds is 5. The standard InChI is InChI=1S/C23H22N4O3S/c1-26-19-13-18(25-22(28)24-15-8-7-11-17(12-15)31-3)21(14-20(19)27(2)23(26)29)30-16-9-5-4-6-10-16/h4-14H,1-3H3,(H2,24,25,28). The number of aromatic nitrogens is 2. The molecule has 3 aromatic carbocycles. The second kappa shape index (κ2) is 8.61. The first-order valence-electron chi connectivity index (χ1n) is 9.60. The number of carbonyl (C=O) groups is 1. The summed E-state index contributed by atoms with van der Waals surface area (Å²) in [7, 11) is 3.40. The smallest absolute Gasteiger partial charge is 0.328 e. The number of urea groups is 1. The molecule has 31 heavy (non-hydrogen) atoms. The van der Waals surface area contributed by atoms with Crippen molar-refractivity contribution in [1.82, 2.24) is 9.13 Å². The first kappa shape index (κ1) is 20.6. The van der Waals surface area contributed by atoms with E-state index in [0.717, 1.165) is 4.90 Å². The Morgan fingerprint density at radius 3 is 2.32 bits per heavy atom. The third-order valence-electron chi connectivity index (χ3n) is 4.92. The van der Waals surface area contributed by atoms with Crippen molar-refractivity contribution in [3.05, 3.63) is 77.2 Å². The highest BCUT2D eigenvalue weighted by Crippen LogP contribution is 2.33. The molecule has 0 radical (unpaired) electrons. The topological polar surface area (TPSA) is 77.3 Å². The third kappa shape index (κ3) is 4.29. The van der Waals surface area contributed by atoms with Crippen LogP contribution in [0.25, 0.3) is 11.0 Å². The summed E-state index contributed by atoms with van der Waals surface area (Å²) in [5, 5.41) is 5.70. The number of hydrogen-bond donors (Lipinski definition) is 2. The van der Waals surface area contributed by atoms with Gasteiger partial charge in [0.1, 0.15) is 5.75 Å². The van der Waals surface area contributed by atoms with Crippen LogP contribution in [-0.4, -0.2) is 21.4 Å². The van der Waals surface area contributed by atoms with E-state index in [9.17, 15) is 9.59 Å². The van der Waals surface area contributed by atoms with E-state index >= 15 is 0 Å². The van der Waals surface area contributed by atoms with Crippen molar-refractivity contribution in [1.29, 1.82) is 0 Å². The van der Waals surface area contributed by atoms with Gasteiger partial charge in [-0.25, -0.2) is 9.59 Å². The van der Waals surface area contributed by atoms with Crippen molar-refractivity contribution in [3.63, 3.8) is 0 Å². The van der Waals surface area contributed by atoms with E-state index in [1.165, 1.54) is 4.57 Å². The maximum Gasteiger partial charge on any atom is 0.328 e. The number of nitrogens with zero attached hydrogens (tertiary/aromatic N) is 2. The summed E-state index contributed by atoms with van der Waals surface area (Å²) in [5.74, 6) is 1.06. The van der Waals surface area contributed by atoms with Crippen LogP contribution in [0.2, 0.25) is 0 Å². The average molecular weight is 435 g/mol. The lowest BCUT2D eigenvalue weighted by Crippen LogP contribution is -2.20. The van der Waals surface area contributed by atoms with Crippen molar-refractivity contribution in [2.24, 2.45) is 14.1 Å². The summed E-state index contributed by atoms with van der Waals surface area (Å²) >= 11 is 1.60. The maximum atomic E-state index is 12.7. The predicted octanol–water partition coefficient (Wildman–Crippen LogP) is 5.04. The van der Waals surface area contributed by atoms with Gasteiger partial charge in [-0.1, -0.05) is 24.3 Å². The maximum absolute atomic E-state index is 12.7. The molecule has 0 aliphatic carbocycles. The highest BCUT2D eigenvalue weighted by atomic mass is 32.2. The molecule has 0 bridgehead atoms. The first-order chi connectivity index (χ1) is 15.0. The average Bonchev–Trinajstić information content (AvgIpc) is 2.98. The summed E-state index contributed by atoms with van der Waals surface area (Å²) in [5.41, 5.74) is 2.37. The Bertz CT molecular complexity index is 1310. The van der Waals surface area contributed by atoms with E-state index < -0.39 is 6.03 Å². The van der Waals surface area contributed by atoms with Gasteiger partial charge in [-0.3, -0.25) is 9.13 Å². The zero-order valence-electron chi connectivity index (χ0n) is 17.4. The fourth-order valence-corrected chi connectivity index (χ4v) is 3.77. The van der Waals surface area contributed by atoms with Crippen molar-refractivity contribution in [3.8, 4) is 11.5 Å². The molecular formula is C23H22N4O3S. The number of nitrogens with one attached hydrogen (secondary N) is 2. The zero-order chi connectivity index (χ0) is 22.0. The molecule has 158 valence electrons. The molecule has 8 heteroatoms. The van der Waals surface area contributed by atoms with Crippen molar-refractivity contribution < 1.29 is 9.53 Å². The number of ether oxygens (including phenoxy) is 1. The lowest BCUT2D eigenvalue weighted by atomic mass is 10.2. The molecule has 2 amide bonds. The summed E-state index contributed by atoms with van der Waals surface area (Å²) < 4.78 is 9.12. The Balaban J connectivity index is 1.70. The van der Waals surface area contributed by atoms with Crippen LogP contribution >= 0.6 is 11.8 Å². The monoisotopic (exact) mass is 434 g/mol. The summed E-state index contributed by atoms with van der Waals surface area (Å²) in [6.45, 7) is 0. The third-order valence-corrected chi connectivity index (χ3v) is 5.65. The number of anilines is 2.